The standard InChI is InChI=1S/C17H22N2O4/c1-13(20)19(11-14-5-3-2-4-6-14)10-7-15(21)18-12-17(8-9-17)16(22)23/h2-6H,7-12H2,1H3,(H,18,21)(H,22,23). The number of hydrogen-bond donors (Lipinski definition) is 2. The Morgan fingerprint density at radius 3 is 2.39 bits per heavy atom. The zero-order valence-electron chi connectivity index (χ0n) is 13.2. The summed E-state index contributed by atoms with van der Waals surface area (Å²) in [5.74, 6) is -1.17. The summed E-state index contributed by atoms with van der Waals surface area (Å²) >= 11 is 0. The van der Waals surface area contributed by atoms with Gasteiger partial charge in [0.25, 0.3) is 0 Å². The van der Waals surface area contributed by atoms with Crippen molar-refractivity contribution in [2.24, 2.45) is 5.41 Å². The second-order valence-electron chi connectivity index (χ2n) is 6.04. The molecule has 1 aliphatic carbocycles. The van der Waals surface area contributed by atoms with E-state index in [4.69, 9.17) is 5.11 Å². The molecule has 2 N–H and O–H groups in total. The van der Waals surface area contributed by atoms with Crippen molar-refractivity contribution >= 4 is 17.8 Å². The topological polar surface area (TPSA) is 86.7 Å². The highest BCUT2D eigenvalue weighted by Crippen LogP contribution is 2.45. The number of nitrogens with one attached hydrogen (secondary N) is 1. The van der Waals surface area contributed by atoms with Crippen molar-refractivity contribution in [3.8, 4) is 0 Å². The maximum absolute atomic E-state index is 11.9. The van der Waals surface area contributed by atoms with Gasteiger partial charge < -0.3 is 15.3 Å². The van der Waals surface area contributed by atoms with Gasteiger partial charge in [-0.2, -0.15) is 0 Å². The van der Waals surface area contributed by atoms with Gasteiger partial charge in [-0.1, -0.05) is 30.3 Å². The van der Waals surface area contributed by atoms with Crippen LogP contribution in [-0.2, 0) is 20.9 Å². The molecule has 0 spiro atoms. The van der Waals surface area contributed by atoms with Crippen molar-refractivity contribution in [2.75, 3.05) is 13.1 Å². The van der Waals surface area contributed by atoms with E-state index in [1.165, 1.54) is 6.92 Å². The van der Waals surface area contributed by atoms with Crippen molar-refractivity contribution in [1.82, 2.24) is 10.2 Å². The van der Waals surface area contributed by atoms with Crippen molar-refractivity contribution in [1.29, 1.82) is 0 Å². The molecule has 0 bridgehead atoms. The maximum Gasteiger partial charge on any atom is 0.311 e. The van der Waals surface area contributed by atoms with E-state index >= 15 is 0 Å². The predicted molar refractivity (Wildman–Crippen MR) is 84.5 cm³/mol. The normalized spacial score (nSPS) is 14.8. The summed E-state index contributed by atoms with van der Waals surface area (Å²) in [6, 6.07) is 9.58. The van der Waals surface area contributed by atoms with Gasteiger partial charge in [-0.25, -0.2) is 0 Å². The van der Waals surface area contributed by atoms with E-state index in [9.17, 15) is 14.4 Å². The summed E-state index contributed by atoms with van der Waals surface area (Å²) in [5.41, 5.74) is 0.242. The number of carboxylic acids is 1. The molecule has 2 rings (SSSR count). The van der Waals surface area contributed by atoms with Gasteiger partial charge in [-0.05, 0) is 18.4 Å². The molecule has 0 unspecified atom stereocenters. The summed E-state index contributed by atoms with van der Waals surface area (Å²) in [7, 11) is 0. The first-order valence-corrected chi connectivity index (χ1v) is 7.72. The number of hydrogen-bond acceptors (Lipinski definition) is 3. The predicted octanol–water partition coefficient (Wildman–Crippen LogP) is 1.41. The Morgan fingerprint density at radius 1 is 1.22 bits per heavy atom. The molecule has 0 radical (unpaired) electrons. The van der Waals surface area contributed by atoms with Gasteiger partial charge in [-0.3, -0.25) is 14.4 Å². The molecule has 124 valence electrons. The van der Waals surface area contributed by atoms with Crippen molar-refractivity contribution in [3.05, 3.63) is 35.9 Å². The van der Waals surface area contributed by atoms with Crippen LogP contribution in [0.25, 0.3) is 0 Å². The van der Waals surface area contributed by atoms with Gasteiger partial charge >= 0.3 is 5.97 Å². The minimum absolute atomic E-state index is 0.0918. The summed E-state index contributed by atoms with van der Waals surface area (Å²) in [6.07, 6.45) is 1.38. The SMILES string of the molecule is CC(=O)N(CCC(=O)NCC1(C(=O)O)CC1)Cc1ccccc1. The average molecular weight is 318 g/mol. The highest BCUT2D eigenvalue weighted by molar-refractivity contribution is 5.81. The molecule has 0 heterocycles. The minimum Gasteiger partial charge on any atom is -0.481 e. The monoisotopic (exact) mass is 318 g/mol. The molecule has 0 aromatic heterocycles. The average Bonchev–Trinajstić information content (AvgIpc) is 3.31. The van der Waals surface area contributed by atoms with Crippen LogP contribution in [-0.4, -0.2) is 40.9 Å². The fourth-order valence-corrected chi connectivity index (χ4v) is 2.36. The molecule has 1 fully saturated rings. The van der Waals surface area contributed by atoms with Crippen LogP contribution in [0.5, 0.6) is 0 Å². The number of nitrogens with zero attached hydrogens (tertiary/aromatic N) is 1. The second kappa shape index (κ2) is 7.26. The third kappa shape index (κ3) is 4.81. The van der Waals surface area contributed by atoms with Crippen molar-refractivity contribution in [3.63, 3.8) is 0 Å². The van der Waals surface area contributed by atoms with Crippen molar-refractivity contribution in [2.45, 2.75) is 32.7 Å². The van der Waals surface area contributed by atoms with E-state index in [-0.39, 0.29) is 24.8 Å². The highest BCUT2D eigenvalue weighted by Gasteiger charge is 2.50. The fraction of sp³-hybridized carbons (Fsp3) is 0.471. The number of carbonyl (C=O) groups is 3. The molecule has 2 amide bonds. The Hall–Kier alpha value is -2.37. The number of carbonyl (C=O) groups excluding carboxylic acids is 2. The summed E-state index contributed by atoms with van der Waals surface area (Å²) in [6.45, 7) is 2.42. The Balaban J connectivity index is 1.78. The van der Waals surface area contributed by atoms with Crippen LogP contribution in [0, 0.1) is 5.41 Å². The minimum atomic E-state index is -0.854. The first kappa shape index (κ1) is 17.0. The molecule has 0 saturated heterocycles. The van der Waals surface area contributed by atoms with E-state index in [0.717, 1.165) is 5.56 Å². The lowest BCUT2D eigenvalue weighted by atomic mass is 10.1. The maximum atomic E-state index is 11.9. The molecule has 1 aromatic carbocycles. The van der Waals surface area contributed by atoms with E-state index in [0.29, 0.717) is 25.9 Å². The van der Waals surface area contributed by atoms with E-state index in [1.807, 2.05) is 30.3 Å². The smallest absolute Gasteiger partial charge is 0.311 e. The van der Waals surface area contributed by atoms with Crippen LogP contribution < -0.4 is 5.32 Å². The van der Waals surface area contributed by atoms with Gasteiger partial charge in [0.2, 0.25) is 11.8 Å². The summed E-state index contributed by atoms with van der Waals surface area (Å²) < 4.78 is 0. The quantitative estimate of drug-likeness (QED) is 0.758. The lowest BCUT2D eigenvalue weighted by molar-refractivity contribution is -0.143. The Kier molecular flexibility index (Phi) is 5.36. The van der Waals surface area contributed by atoms with Crippen LogP contribution in [0.3, 0.4) is 0 Å². The molecule has 6 nitrogen and oxygen atoms in total. The van der Waals surface area contributed by atoms with Gasteiger partial charge in [0, 0.05) is 33.0 Å². The first-order chi connectivity index (χ1) is 10.9. The van der Waals surface area contributed by atoms with Gasteiger partial charge in [-0.15, -0.1) is 0 Å². The van der Waals surface area contributed by atoms with E-state index in [1.54, 1.807) is 4.90 Å². The number of carboxylic acid groups (broad SMARTS) is 1. The Labute approximate surface area is 135 Å². The van der Waals surface area contributed by atoms with Crippen LogP contribution in [0.1, 0.15) is 31.7 Å². The van der Waals surface area contributed by atoms with Gasteiger partial charge in [0.15, 0.2) is 0 Å². The zero-order chi connectivity index (χ0) is 16.9. The van der Waals surface area contributed by atoms with Crippen LogP contribution in [0.15, 0.2) is 30.3 Å². The lowest BCUT2D eigenvalue weighted by Gasteiger charge is -2.21. The molecular formula is C17H22N2O4. The Morgan fingerprint density at radius 2 is 1.87 bits per heavy atom. The van der Waals surface area contributed by atoms with Gasteiger partial charge in [0.05, 0.1) is 5.41 Å². The molecule has 1 aromatic rings. The molecule has 0 atom stereocenters. The van der Waals surface area contributed by atoms with E-state index < -0.39 is 11.4 Å². The first-order valence-electron chi connectivity index (χ1n) is 7.72. The largest absolute Gasteiger partial charge is 0.481 e. The number of amides is 2. The van der Waals surface area contributed by atoms with Crippen LogP contribution >= 0.6 is 0 Å². The highest BCUT2D eigenvalue weighted by atomic mass is 16.4. The van der Waals surface area contributed by atoms with Crippen molar-refractivity contribution < 1.29 is 19.5 Å². The van der Waals surface area contributed by atoms with E-state index in [2.05, 4.69) is 5.32 Å². The zero-order valence-corrected chi connectivity index (χ0v) is 13.2. The molecule has 1 aliphatic rings. The molecule has 6 heteroatoms. The fourth-order valence-electron chi connectivity index (χ4n) is 2.36. The molecule has 1 saturated carbocycles. The Bertz CT molecular complexity index is 582. The molecular weight excluding hydrogens is 296 g/mol. The van der Waals surface area contributed by atoms with Crippen LogP contribution in [0.2, 0.25) is 0 Å². The van der Waals surface area contributed by atoms with Crippen LogP contribution in [0.4, 0.5) is 0 Å². The lowest BCUT2D eigenvalue weighted by Crippen LogP contribution is -2.37. The van der Waals surface area contributed by atoms with Gasteiger partial charge in [0.1, 0.15) is 0 Å². The number of aliphatic carboxylic acids is 1. The number of benzene rings is 1. The molecule has 0 aliphatic heterocycles. The third-order valence-electron chi connectivity index (χ3n) is 4.20. The number of rotatable bonds is 8. The second-order valence-corrected chi connectivity index (χ2v) is 6.04. The summed E-state index contributed by atoms with van der Waals surface area (Å²) in [5, 5.41) is 11.7. The third-order valence-corrected chi connectivity index (χ3v) is 4.20. The molecule has 23 heavy (non-hydrogen) atoms. The summed E-state index contributed by atoms with van der Waals surface area (Å²) in [4.78, 5) is 36.2.